The fraction of sp³-hybridized carbons (Fsp3) is 0.517. The van der Waals surface area contributed by atoms with Crippen molar-refractivity contribution in [2.45, 2.75) is 65.5 Å². The summed E-state index contributed by atoms with van der Waals surface area (Å²) >= 11 is 0. The van der Waals surface area contributed by atoms with E-state index in [1.54, 1.807) is 38.7 Å². The molecule has 0 radical (unpaired) electrons. The van der Waals surface area contributed by atoms with Gasteiger partial charge >= 0.3 is 18.4 Å². The summed E-state index contributed by atoms with van der Waals surface area (Å²) in [4.78, 5) is 27.8. The van der Waals surface area contributed by atoms with Crippen LogP contribution in [0.5, 0.6) is 0 Å². The number of rotatable bonds is 4. The van der Waals surface area contributed by atoms with Gasteiger partial charge in [0.05, 0.1) is 22.7 Å². The lowest BCUT2D eigenvalue weighted by molar-refractivity contribution is -0.141. The first-order valence-corrected chi connectivity index (χ1v) is 13.7. The summed E-state index contributed by atoms with van der Waals surface area (Å²) in [5.41, 5.74) is -2.81. The SMILES string of the molecule is Cc1nc(NC(C)c2cccc(C(F)(F)F)c2C)c2cc(N3CC4(CN(C(=O)OC(C)(C)C)C4)C3)c(C(F)(F)F)nc2n1. The van der Waals surface area contributed by atoms with Gasteiger partial charge in [-0.3, -0.25) is 0 Å². The minimum absolute atomic E-state index is 0.0371. The number of aryl methyl sites for hydroxylation is 1. The average molecular weight is 611 g/mol. The van der Waals surface area contributed by atoms with Crippen LogP contribution >= 0.6 is 0 Å². The maximum Gasteiger partial charge on any atom is 0.435 e. The quantitative estimate of drug-likeness (QED) is 0.322. The Hall–Kier alpha value is -3.84. The number of ether oxygens (including phenoxy) is 1. The number of hydrogen-bond donors (Lipinski definition) is 1. The van der Waals surface area contributed by atoms with Crippen molar-refractivity contribution in [1.82, 2.24) is 19.9 Å². The number of likely N-dealkylation sites (tertiary alicyclic amines) is 1. The fourth-order valence-corrected chi connectivity index (χ4v) is 5.78. The van der Waals surface area contributed by atoms with Gasteiger partial charge in [-0.25, -0.2) is 19.7 Å². The zero-order valence-corrected chi connectivity index (χ0v) is 24.5. The summed E-state index contributed by atoms with van der Waals surface area (Å²) in [5.74, 6) is 0.306. The molecular weight excluding hydrogens is 578 g/mol. The predicted octanol–water partition coefficient (Wildman–Crippen LogP) is 6.91. The molecule has 43 heavy (non-hydrogen) atoms. The van der Waals surface area contributed by atoms with Gasteiger partial charge in [0.1, 0.15) is 17.2 Å². The lowest BCUT2D eigenvalue weighted by atomic mass is 9.72. The molecule has 2 aliphatic heterocycles. The molecule has 14 heteroatoms. The second kappa shape index (κ2) is 10.1. The second-order valence-electron chi connectivity index (χ2n) is 12.4. The maximum absolute atomic E-state index is 14.2. The Morgan fingerprint density at radius 1 is 0.977 bits per heavy atom. The van der Waals surface area contributed by atoms with E-state index in [0.717, 1.165) is 6.07 Å². The van der Waals surface area contributed by atoms with Gasteiger partial charge in [0, 0.05) is 31.6 Å². The zero-order valence-electron chi connectivity index (χ0n) is 24.5. The van der Waals surface area contributed by atoms with E-state index >= 15 is 0 Å². The molecule has 0 bridgehead atoms. The highest BCUT2D eigenvalue weighted by Gasteiger charge is 2.55. The molecular formula is C29H32F6N6O2. The molecule has 1 atom stereocenters. The Bertz CT molecular complexity index is 1570. The number of nitrogens with one attached hydrogen (secondary N) is 1. The van der Waals surface area contributed by atoms with Crippen LogP contribution in [0.4, 0.5) is 42.6 Å². The molecule has 2 aliphatic rings. The van der Waals surface area contributed by atoms with Gasteiger partial charge in [0.15, 0.2) is 11.3 Å². The average Bonchev–Trinajstić information content (AvgIpc) is 2.79. The summed E-state index contributed by atoms with van der Waals surface area (Å²) < 4.78 is 88.6. The van der Waals surface area contributed by atoms with E-state index in [1.807, 2.05) is 0 Å². The number of halogens is 6. The number of nitrogens with zero attached hydrogens (tertiary/aromatic N) is 5. The van der Waals surface area contributed by atoms with Gasteiger partial charge in [0.2, 0.25) is 0 Å². The van der Waals surface area contributed by atoms with Crippen LogP contribution in [0.3, 0.4) is 0 Å². The van der Waals surface area contributed by atoms with Gasteiger partial charge in [-0.15, -0.1) is 0 Å². The van der Waals surface area contributed by atoms with Gasteiger partial charge < -0.3 is 19.9 Å². The molecule has 1 N–H and O–H groups in total. The highest BCUT2D eigenvalue weighted by molar-refractivity contribution is 5.90. The van der Waals surface area contributed by atoms with Crippen LogP contribution in [0.1, 0.15) is 61.9 Å². The summed E-state index contributed by atoms with van der Waals surface area (Å²) in [6.45, 7) is 11.1. The van der Waals surface area contributed by atoms with Gasteiger partial charge in [-0.1, -0.05) is 12.1 Å². The minimum atomic E-state index is -4.77. The number of hydrogen-bond acceptors (Lipinski definition) is 7. The first-order valence-electron chi connectivity index (χ1n) is 13.7. The molecule has 0 aliphatic carbocycles. The topological polar surface area (TPSA) is 83.5 Å². The number of alkyl halides is 6. The molecule has 8 nitrogen and oxygen atoms in total. The lowest BCUT2D eigenvalue weighted by Gasteiger charge is -2.60. The van der Waals surface area contributed by atoms with E-state index < -0.39 is 41.3 Å². The number of carbonyl (C=O) groups is 1. The monoisotopic (exact) mass is 610 g/mol. The molecule has 2 saturated heterocycles. The first kappa shape index (κ1) is 30.6. The van der Waals surface area contributed by atoms with E-state index in [1.165, 1.54) is 30.9 Å². The van der Waals surface area contributed by atoms with Crippen LogP contribution in [0.2, 0.25) is 0 Å². The van der Waals surface area contributed by atoms with Crippen molar-refractivity contribution in [3.8, 4) is 0 Å². The van der Waals surface area contributed by atoms with Crippen LogP contribution in [-0.2, 0) is 17.1 Å². The third kappa shape index (κ3) is 6.00. The van der Waals surface area contributed by atoms with Crippen molar-refractivity contribution in [2.24, 2.45) is 5.41 Å². The Labute approximate surface area is 244 Å². The Morgan fingerprint density at radius 2 is 1.63 bits per heavy atom. The summed E-state index contributed by atoms with van der Waals surface area (Å²) in [6, 6.07) is 4.52. The summed E-state index contributed by atoms with van der Waals surface area (Å²) in [7, 11) is 0. The van der Waals surface area contributed by atoms with Crippen molar-refractivity contribution < 1.29 is 35.9 Å². The maximum atomic E-state index is 14.2. The fourth-order valence-electron chi connectivity index (χ4n) is 5.78. The van der Waals surface area contributed by atoms with Gasteiger partial charge in [-0.05, 0) is 64.8 Å². The highest BCUT2D eigenvalue weighted by Crippen LogP contribution is 2.47. The van der Waals surface area contributed by atoms with Crippen LogP contribution in [-0.4, -0.2) is 57.7 Å². The van der Waals surface area contributed by atoms with Crippen molar-refractivity contribution in [3.63, 3.8) is 0 Å². The van der Waals surface area contributed by atoms with Crippen LogP contribution in [0, 0.1) is 19.3 Å². The van der Waals surface area contributed by atoms with Crippen molar-refractivity contribution in [3.05, 3.63) is 52.5 Å². The Kier molecular flexibility index (Phi) is 7.20. The number of anilines is 2. The van der Waals surface area contributed by atoms with Crippen LogP contribution in [0.25, 0.3) is 11.0 Å². The van der Waals surface area contributed by atoms with Gasteiger partial charge in [-0.2, -0.15) is 26.3 Å². The molecule has 232 valence electrons. The standard InChI is InChI=1S/C29H32F6N6O2/c1-15-18(8-7-9-20(15)28(30,31)32)16(2)36-23-19-10-21(22(29(33,34)35)39-24(19)38-17(3)37-23)40-11-27(12-40)13-41(14-27)25(42)43-26(4,5)6/h7-10,16H,11-14H2,1-6H3,(H,36,37,38,39). The molecule has 4 heterocycles. The van der Waals surface area contributed by atoms with E-state index in [-0.39, 0.29) is 52.4 Å². The molecule has 3 aromatic rings. The van der Waals surface area contributed by atoms with Gasteiger partial charge in [0.25, 0.3) is 0 Å². The van der Waals surface area contributed by atoms with E-state index in [0.29, 0.717) is 18.7 Å². The van der Waals surface area contributed by atoms with Crippen molar-refractivity contribution in [2.75, 3.05) is 36.4 Å². The zero-order chi connectivity index (χ0) is 31.7. The highest BCUT2D eigenvalue weighted by atomic mass is 19.4. The van der Waals surface area contributed by atoms with Crippen LogP contribution in [0.15, 0.2) is 24.3 Å². The Balaban J connectivity index is 1.44. The number of fused-ring (bicyclic) bond motifs is 1. The lowest BCUT2D eigenvalue weighted by Crippen LogP contribution is -2.73. The van der Waals surface area contributed by atoms with Crippen molar-refractivity contribution in [1.29, 1.82) is 0 Å². The molecule has 1 unspecified atom stereocenters. The largest absolute Gasteiger partial charge is 0.444 e. The van der Waals surface area contributed by atoms with Crippen molar-refractivity contribution >= 4 is 28.6 Å². The Morgan fingerprint density at radius 3 is 2.21 bits per heavy atom. The summed E-state index contributed by atoms with van der Waals surface area (Å²) in [5, 5.41) is 3.28. The van der Waals surface area contributed by atoms with E-state index in [4.69, 9.17) is 4.74 Å². The number of amides is 1. The van der Waals surface area contributed by atoms with Crippen LogP contribution < -0.4 is 10.2 Å². The molecule has 1 aromatic carbocycles. The summed E-state index contributed by atoms with van der Waals surface area (Å²) in [6.07, 6.45) is -9.78. The minimum Gasteiger partial charge on any atom is -0.444 e. The normalized spacial score (nSPS) is 17.5. The molecule has 1 spiro atoms. The first-order chi connectivity index (χ1) is 19.8. The molecule has 1 amide bonds. The molecule has 0 saturated carbocycles. The molecule has 2 aromatic heterocycles. The number of benzene rings is 1. The number of pyridine rings is 1. The third-order valence-corrected chi connectivity index (χ3v) is 7.65. The van der Waals surface area contributed by atoms with E-state index in [9.17, 15) is 31.1 Å². The molecule has 2 fully saturated rings. The third-order valence-electron chi connectivity index (χ3n) is 7.65. The number of aromatic nitrogens is 3. The smallest absolute Gasteiger partial charge is 0.435 e. The second-order valence-corrected chi connectivity index (χ2v) is 12.4. The number of carbonyl (C=O) groups excluding carboxylic acids is 1. The molecule has 5 rings (SSSR count). The van der Waals surface area contributed by atoms with E-state index in [2.05, 4.69) is 20.3 Å². The predicted molar refractivity (Wildman–Crippen MR) is 148 cm³/mol.